The van der Waals surface area contributed by atoms with Gasteiger partial charge in [0, 0.05) is 0 Å². The summed E-state index contributed by atoms with van der Waals surface area (Å²) in [5, 5.41) is 0. The second-order valence-corrected chi connectivity index (χ2v) is 0. The molecule has 0 aromatic carbocycles. The van der Waals surface area contributed by atoms with Gasteiger partial charge in [-0.3, -0.25) is 0 Å². The minimum absolute atomic E-state index is 0. The normalized spacial score (nSPS) is 0.750. The van der Waals surface area contributed by atoms with Gasteiger partial charge in [0.05, 0.1) is 0 Å². The van der Waals surface area contributed by atoms with Gasteiger partial charge in [-0.05, 0) is 0 Å². The van der Waals surface area contributed by atoms with E-state index in [2.05, 4.69) is 0 Å². The molecule has 0 aromatic rings. The Morgan fingerprint density at radius 3 is 1.00 bits per heavy atom. The van der Waals surface area contributed by atoms with Gasteiger partial charge in [0.1, 0.15) is 0 Å². The van der Waals surface area contributed by atoms with Crippen LogP contribution in [0.15, 0.2) is 0 Å². The molecule has 0 spiro atoms. The van der Waals surface area contributed by atoms with Crippen molar-refractivity contribution >= 4 is 0 Å². The number of rotatable bonds is 0. The first-order valence-corrected chi connectivity index (χ1v) is 1.36. The molecule has 0 rings (SSSR count). The summed E-state index contributed by atoms with van der Waals surface area (Å²) in [6.07, 6.45) is 0. The standard InChI is InChI=1S/2BrH.O.W/h2*1H;;/q;;;+2/p-2. The fraction of sp³-hybridized carbons (Fsp3) is 0. The molecule has 0 fully saturated rings. The average molecular weight is 360 g/mol. The third-order valence-corrected chi connectivity index (χ3v) is 0. The molecule has 0 bridgehead atoms. The second-order valence-electron chi connectivity index (χ2n) is 0. The van der Waals surface area contributed by atoms with Crippen molar-refractivity contribution in [3.05, 3.63) is 0 Å². The molecule has 0 atom stereocenters. The quantitative estimate of drug-likeness (QED) is 0.421. The molecular formula is Br2OW. The van der Waals surface area contributed by atoms with Crippen LogP contribution < -0.4 is 34.0 Å². The van der Waals surface area contributed by atoms with E-state index in [0.29, 0.717) is 19.8 Å². The van der Waals surface area contributed by atoms with E-state index in [0.717, 1.165) is 0 Å². The Balaban J connectivity index is -0.00000000500. The van der Waals surface area contributed by atoms with Crippen molar-refractivity contribution in [2.24, 2.45) is 0 Å². The Morgan fingerprint density at radius 2 is 1.00 bits per heavy atom. The van der Waals surface area contributed by atoms with Crippen LogP contribution in [0.4, 0.5) is 0 Å². The van der Waals surface area contributed by atoms with Crippen LogP contribution in [0.5, 0.6) is 0 Å². The van der Waals surface area contributed by atoms with E-state index in [1.807, 2.05) is 0 Å². The van der Waals surface area contributed by atoms with Crippen LogP contribution >= 0.6 is 0 Å². The summed E-state index contributed by atoms with van der Waals surface area (Å²) in [6.45, 7) is 0. The zero-order chi connectivity index (χ0) is 2.00. The van der Waals surface area contributed by atoms with E-state index in [1.165, 1.54) is 0 Å². The summed E-state index contributed by atoms with van der Waals surface area (Å²) in [5.74, 6) is 0. The monoisotopic (exact) mass is 358 g/mol. The van der Waals surface area contributed by atoms with E-state index in [4.69, 9.17) is 3.40 Å². The topological polar surface area (TPSA) is 17.1 Å². The van der Waals surface area contributed by atoms with Gasteiger partial charge in [-0.25, -0.2) is 0 Å². The van der Waals surface area contributed by atoms with Crippen LogP contribution in [0.3, 0.4) is 0 Å². The zero-order valence-electron chi connectivity index (χ0n) is 1.57. The number of hydrogen-bond acceptors (Lipinski definition) is 1. The first-order chi connectivity index (χ1) is 1.00. The predicted molar refractivity (Wildman–Crippen MR) is 0.686 cm³/mol. The zero-order valence-corrected chi connectivity index (χ0v) is 7.68. The molecule has 0 N–H and O–H groups in total. The molecule has 0 aliphatic rings. The van der Waals surface area contributed by atoms with Gasteiger partial charge < -0.3 is 34.0 Å². The van der Waals surface area contributed by atoms with Crippen LogP contribution in [-0.2, 0) is 23.2 Å². The molecule has 0 aliphatic carbocycles. The first-order valence-electron chi connectivity index (χ1n) is 0.167. The van der Waals surface area contributed by atoms with Gasteiger partial charge in [-0.2, -0.15) is 0 Å². The van der Waals surface area contributed by atoms with Crippen LogP contribution in [0.1, 0.15) is 0 Å². The second kappa shape index (κ2) is 25.2. The summed E-state index contributed by atoms with van der Waals surface area (Å²) in [5.41, 5.74) is 0. The van der Waals surface area contributed by atoms with Gasteiger partial charge in [-0.15, -0.1) is 0 Å². The summed E-state index contributed by atoms with van der Waals surface area (Å²) in [7, 11) is 0. The maximum atomic E-state index is 8.33. The molecule has 1 nitrogen and oxygen atoms in total. The summed E-state index contributed by atoms with van der Waals surface area (Å²) >= 11 is 0.333. The van der Waals surface area contributed by atoms with E-state index in [1.54, 1.807) is 0 Å². The van der Waals surface area contributed by atoms with E-state index in [-0.39, 0.29) is 34.0 Å². The van der Waals surface area contributed by atoms with Gasteiger partial charge in [-0.1, -0.05) is 0 Å². The van der Waals surface area contributed by atoms with Crippen molar-refractivity contribution in [1.29, 1.82) is 0 Å². The molecule has 4 heteroatoms. The first kappa shape index (κ1) is 18.0. The molecule has 0 saturated carbocycles. The van der Waals surface area contributed by atoms with Gasteiger partial charge in [0.2, 0.25) is 0 Å². The van der Waals surface area contributed by atoms with Crippen LogP contribution in [0.2, 0.25) is 0 Å². The minimum atomic E-state index is 0. The Morgan fingerprint density at radius 1 is 1.00 bits per heavy atom. The molecule has 0 aromatic heterocycles. The molecule has 0 heterocycles. The molecule has 4 heavy (non-hydrogen) atoms. The van der Waals surface area contributed by atoms with E-state index < -0.39 is 0 Å². The number of hydrogen-bond donors (Lipinski definition) is 0. The molecule has 0 aliphatic heterocycles. The summed E-state index contributed by atoms with van der Waals surface area (Å²) in [4.78, 5) is 0. The van der Waals surface area contributed by atoms with E-state index >= 15 is 0 Å². The molecule has 0 radical (unpaired) electrons. The fourth-order valence-electron chi connectivity index (χ4n) is 0. The molecular weight excluding hydrogens is 360 g/mol. The Hall–Kier alpha value is 1.45. The Kier molecular flexibility index (Phi) is 113. The van der Waals surface area contributed by atoms with Gasteiger partial charge in [0.25, 0.3) is 0 Å². The predicted octanol–water partition coefficient (Wildman–Crippen LogP) is -6.11. The molecule has 0 amide bonds. The Bertz CT molecular complexity index is 6.00. The summed E-state index contributed by atoms with van der Waals surface area (Å²) < 4.78 is 8.33. The molecule has 0 saturated heterocycles. The Labute approximate surface area is 56.9 Å². The SMILES string of the molecule is [Br-].[Br-].[O]=[W+2]. The van der Waals surface area contributed by atoms with Crippen LogP contribution in [-0.4, -0.2) is 0 Å². The average Bonchev–Trinajstić information content (AvgIpc) is 1.00. The van der Waals surface area contributed by atoms with Crippen LogP contribution in [0.25, 0.3) is 0 Å². The fourth-order valence-corrected chi connectivity index (χ4v) is 0. The summed E-state index contributed by atoms with van der Waals surface area (Å²) in [6, 6.07) is 0. The number of halogens is 2. The maximum absolute atomic E-state index is 8.33. The van der Waals surface area contributed by atoms with Crippen LogP contribution in [0, 0.1) is 0 Å². The van der Waals surface area contributed by atoms with Crippen molar-refractivity contribution < 1.29 is 57.1 Å². The van der Waals surface area contributed by atoms with Crippen molar-refractivity contribution in [2.45, 2.75) is 0 Å². The van der Waals surface area contributed by atoms with Crippen molar-refractivity contribution in [3.63, 3.8) is 0 Å². The van der Waals surface area contributed by atoms with Crippen molar-refractivity contribution in [1.82, 2.24) is 0 Å². The van der Waals surface area contributed by atoms with Crippen molar-refractivity contribution in [3.8, 4) is 0 Å². The third kappa shape index (κ3) is 9.85. The molecule has 0 unspecified atom stereocenters. The van der Waals surface area contributed by atoms with Crippen molar-refractivity contribution in [2.75, 3.05) is 0 Å². The van der Waals surface area contributed by atoms with E-state index in [9.17, 15) is 0 Å². The van der Waals surface area contributed by atoms with Gasteiger partial charge >= 0.3 is 23.2 Å². The van der Waals surface area contributed by atoms with Gasteiger partial charge in [0.15, 0.2) is 0 Å². The molecule has 26 valence electrons. The third-order valence-electron chi connectivity index (χ3n) is 0.